The Labute approximate surface area is 99.6 Å². The van der Waals surface area contributed by atoms with E-state index in [0.29, 0.717) is 5.56 Å². The molecule has 0 saturated heterocycles. The summed E-state index contributed by atoms with van der Waals surface area (Å²) < 4.78 is 0. The molecule has 6 heteroatoms. The molecular formula is C11H15N5O. The average Bonchev–Trinajstić information content (AvgIpc) is 2.28. The summed E-state index contributed by atoms with van der Waals surface area (Å²) in [5.41, 5.74) is 11.6. The number of guanidine groups is 1. The SMILES string of the molecule is CN(C)C(=O)c1cccc(C=NN=C(N)N)c1. The van der Waals surface area contributed by atoms with Crippen LogP contribution in [-0.2, 0) is 0 Å². The first kappa shape index (κ1) is 12.7. The fourth-order valence-corrected chi connectivity index (χ4v) is 1.17. The first-order chi connectivity index (χ1) is 8.00. The molecule has 0 spiro atoms. The molecule has 4 N–H and O–H groups in total. The monoisotopic (exact) mass is 233 g/mol. The number of benzene rings is 1. The van der Waals surface area contributed by atoms with E-state index in [0.717, 1.165) is 5.56 Å². The van der Waals surface area contributed by atoms with Crippen molar-refractivity contribution in [2.75, 3.05) is 14.1 Å². The van der Waals surface area contributed by atoms with Crippen LogP contribution in [0.1, 0.15) is 15.9 Å². The molecule has 6 nitrogen and oxygen atoms in total. The van der Waals surface area contributed by atoms with Crippen molar-refractivity contribution in [1.29, 1.82) is 0 Å². The lowest BCUT2D eigenvalue weighted by Gasteiger charge is -2.10. The topological polar surface area (TPSA) is 97.1 Å². The van der Waals surface area contributed by atoms with Gasteiger partial charge in [-0.25, -0.2) is 0 Å². The lowest BCUT2D eigenvalue weighted by Crippen LogP contribution is -2.22. The molecule has 1 aromatic carbocycles. The number of hydrogen-bond donors (Lipinski definition) is 2. The minimum atomic E-state index is -0.109. The van der Waals surface area contributed by atoms with Crippen molar-refractivity contribution in [2.45, 2.75) is 0 Å². The highest BCUT2D eigenvalue weighted by Gasteiger charge is 2.07. The molecule has 0 atom stereocenters. The zero-order valence-electron chi connectivity index (χ0n) is 9.79. The van der Waals surface area contributed by atoms with E-state index < -0.39 is 0 Å². The fourth-order valence-electron chi connectivity index (χ4n) is 1.17. The van der Waals surface area contributed by atoms with Crippen molar-refractivity contribution >= 4 is 18.1 Å². The van der Waals surface area contributed by atoms with Crippen molar-refractivity contribution in [3.63, 3.8) is 0 Å². The van der Waals surface area contributed by atoms with Crippen molar-refractivity contribution in [3.05, 3.63) is 35.4 Å². The number of rotatable bonds is 3. The number of carbonyl (C=O) groups is 1. The van der Waals surface area contributed by atoms with Gasteiger partial charge in [-0.05, 0) is 17.7 Å². The first-order valence-corrected chi connectivity index (χ1v) is 4.94. The highest BCUT2D eigenvalue weighted by atomic mass is 16.2. The Balaban J connectivity index is 2.90. The van der Waals surface area contributed by atoms with Gasteiger partial charge in [0.1, 0.15) is 0 Å². The van der Waals surface area contributed by atoms with Gasteiger partial charge in [0.15, 0.2) is 0 Å². The van der Waals surface area contributed by atoms with Crippen LogP contribution in [0, 0.1) is 0 Å². The van der Waals surface area contributed by atoms with Gasteiger partial charge in [-0.15, -0.1) is 5.10 Å². The van der Waals surface area contributed by atoms with Crippen LogP contribution in [0.2, 0.25) is 0 Å². The summed E-state index contributed by atoms with van der Waals surface area (Å²) in [6.07, 6.45) is 1.48. The third-order valence-corrected chi connectivity index (χ3v) is 1.92. The number of hydrogen-bond acceptors (Lipinski definition) is 3. The van der Waals surface area contributed by atoms with Gasteiger partial charge in [0.25, 0.3) is 5.91 Å². The van der Waals surface area contributed by atoms with Gasteiger partial charge in [0.2, 0.25) is 5.96 Å². The lowest BCUT2D eigenvalue weighted by molar-refractivity contribution is 0.0827. The molecule has 0 aliphatic rings. The second kappa shape index (κ2) is 5.64. The van der Waals surface area contributed by atoms with Crippen molar-refractivity contribution < 1.29 is 4.79 Å². The van der Waals surface area contributed by atoms with Gasteiger partial charge in [-0.1, -0.05) is 12.1 Å². The molecule has 90 valence electrons. The van der Waals surface area contributed by atoms with Crippen molar-refractivity contribution in [3.8, 4) is 0 Å². The Morgan fingerprint density at radius 3 is 2.65 bits per heavy atom. The Kier molecular flexibility index (Phi) is 4.21. The molecule has 0 bridgehead atoms. The second-order valence-corrected chi connectivity index (χ2v) is 3.59. The van der Waals surface area contributed by atoms with E-state index >= 15 is 0 Å². The zero-order chi connectivity index (χ0) is 12.8. The van der Waals surface area contributed by atoms with Gasteiger partial charge in [0, 0.05) is 19.7 Å². The van der Waals surface area contributed by atoms with E-state index in [2.05, 4.69) is 10.2 Å². The van der Waals surface area contributed by atoms with E-state index in [1.165, 1.54) is 11.1 Å². The highest BCUT2D eigenvalue weighted by Crippen LogP contribution is 2.05. The van der Waals surface area contributed by atoms with Gasteiger partial charge in [0.05, 0.1) is 6.21 Å². The smallest absolute Gasteiger partial charge is 0.253 e. The maximum Gasteiger partial charge on any atom is 0.253 e. The molecule has 1 aromatic rings. The maximum absolute atomic E-state index is 11.7. The molecule has 0 saturated carbocycles. The lowest BCUT2D eigenvalue weighted by atomic mass is 10.1. The van der Waals surface area contributed by atoms with E-state index in [1.807, 2.05) is 0 Å². The molecule has 0 aliphatic heterocycles. The number of nitrogens with two attached hydrogens (primary N) is 2. The Morgan fingerprint density at radius 2 is 2.06 bits per heavy atom. The second-order valence-electron chi connectivity index (χ2n) is 3.59. The normalized spacial score (nSPS) is 10.2. The molecule has 0 radical (unpaired) electrons. The van der Waals surface area contributed by atoms with E-state index in [4.69, 9.17) is 11.5 Å². The first-order valence-electron chi connectivity index (χ1n) is 4.94. The molecular weight excluding hydrogens is 218 g/mol. The summed E-state index contributed by atoms with van der Waals surface area (Å²) in [6, 6.07) is 7.03. The Bertz CT molecular complexity index is 461. The van der Waals surface area contributed by atoms with Gasteiger partial charge >= 0.3 is 0 Å². The van der Waals surface area contributed by atoms with E-state index in [1.54, 1.807) is 38.4 Å². The molecule has 17 heavy (non-hydrogen) atoms. The maximum atomic E-state index is 11.7. The number of nitrogens with zero attached hydrogens (tertiary/aromatic N) is 3. The molecule has 0 heterocycles. The van der Waals surface area contributed by atoms with Crippen molar-refractivity contribution in [1.82, 2.24) is 4.90 Å². The van der Waals surface area contributed by atoms with Gasteiger partial charge < -0.3 is 16.4 Å². The van der Waals surface area contributed by atoms with Crippen molar-refractivity contribution in [2.24, 2.45) is 21.7 Å². The van der Waals surface area contributed by atoms with Crippen LogP contribution in [0.3, 0.4) is 0 Å². The minimum absolute atomic E-state index is 0.0675. The zero-order valence-corrected chi connectivity index (χ0v) is 9.79. The molecule has 0 unspecified atom stereocenters. The van der Waals surface area contributed by atoms with Crippen LogP contribution in [0.25, 0.3) is 0 Å². The van der Waals surface area contributed by atoms with Gasteiger partial charge in [-0.3, -0.25) is 4.79 Å². The minimum Gasteiger partial charge on any atom is -0.369 e. The summed E-state index contributed by atoms with van der Waals surface area (Å²) in [7, 11) is 3.39. The van der Waals surface area contributed by atoms with Gasteiger partial charge in [-0.2, -0.15) is 5.10 Å². The molecule has 1 amide bonds. The molecule has 1 rings (SSSR count). The van der Waals surface area contributed by atoms with Crippen LogP contribution in [-0.4, -0.2) is 37.1 Å². The van der Waals surface area contributed by atoms with Crippen LogP contribution < -0.4 is 11.5 Å². The third kappa shape index (κ3) is 3.94. The average molecular weight is 233 g/mol. The predicted molar refractivity (Wildman–Crippen MR) is 67.9 cm³/mol. The standard InChI is InChI=1S/C11H15N5O/c1-16(2)10(17)9-5-3-4-8(6-9)7-14-15-11(12)13/h3-7H,1-2H3,(H4,12,13,15). The van der Waals surface area contributed by atoms with E-state index in [9.17, 15) is 4.79 Å². The Hall–Kier alpha value is -2.37. The number of amides is 1. The quantitative estimate of drug-likeness (QED) is 0.436. The summed E-state index contributed by atoms with van der Waals surface area (Å²) in [5, 5.41) is 7.15. The predicted octanol–water partition coefficient (Wildman–Crippen LogP) is -0.00430. The third-order valence-electron chi connectivity index (χ3n) is 1.92. The summed E-state index contributed by atoms with van der Waals surface area (Å²) in [6.45, 7) is 0. The van der Waals surface area contributed by atoms with E-state index in [-0.39, 0.29) is 11.9 Å². The van der Waals surface area contributed by atoms with Crippen LogP contribution in [0.15, 0.2) is 34.5 Å². The fraction of sp³-hybridized carbons (Fsp3) is 0.182. The largest absolute Gasteiger partial charge is 0.369 e. The molecule has 0 aromatic heterocycles. The van der Waals surface area contributed by atoms with Crippen LogP contribution in [0.5, 0.6) is 0 Å². The Morgan fingerprint density at radius 1 is 1.35 bits per heavy atom. The summed E-state index contributed by atoms with van der Waals surface area (Å²) in [5.74, 6) is -0.177. The van der Waals surface area contributed by atoms with Crippen LogP contribution >= 0.6 is 0 Å². The summed E-state index contributed by atoms with van der Waals surface area (Å²) >= 11 is 0. The molecule has 0 aliphatic carbocycles. The summed E-state index contributed by atoms with van der Waals surface area (Å²) in [4.78, 5) is 13.2. The highest BCUT2D eigenvalue weighted by molar-refractivity contribution is 5.95. The van der Waals surface area contributed by atoms with Crippen LogP contribution in [0.4, 0.5) is 0 Å². The number of carbonyl (C=O) groups excluding carboxylic acids is 1. The molecule has 0 fully saturated rings.